The molecule has 2 atom stereocenters. The van der Waals surface area contributed by atoms with Gasteiger partial charge in [-0.1, -0.05) is 6.92 Å². The van der Waals surface area contributed by atoms with E-state index < -0.39 is 23.4 Å². The van der Waals surface area contributed by atoms with Gasteiger partial charge in [0.1, 0.15) is 6.10 Å². The van der Waals surface area contributed by atoms with Crippen LogP contribution < -0.4 is 0 Å². The Morgan fingerprint density at radius 2 is 1.47 bits per heavy atom. The van der Waals surface area contributed by atoms with Crippen molar-refractivity contribution in [3.8, 4) is 0 Å². The van der Waals surface area contributed by atoms with Crippen molar-refractivity contribution < 1.29 is 32.6 Å². The Kier molecular flexibility index (Phi) is 5.37. The van der Waals surface area contributed by atoms with Gasteiger partial charge in [0.05, 0.1) is 12.0 Å². The Morgan fingerprint density at radius 3 is 2.03 bits per heavy atom. The number of carbonyl (C=O) groups is 2. The number of hydrogen-bond acceptors (Lipinski definition) is 5. The van der Waals surface area contributed by atoms with Gasteiger partial charge in [-0.25, -0.2) is 4.79 Å². The van der Waals surface area contributed by atoms with Crippen LogP contribution in [0.4, 0.5) is 8.78 Å². The van der Waals surface area contributed by atoms with Gasteiger partial charge in [-0.2, -0.15) is 8.78 Å². The molecule has 8 bridgehead atoms. The Hall–Kier alpha value is -1.24. The van der Waals surface area contributed by atoms with Crippen LogP contribution in [0.15, 0.2) is 0 Å². The number of esters is 2. The standard InChI is InChI=1S/C27H38F2O5/c1-25(20-6-15-3-16(8-20)9-21(25)7-15)13-32-14-33-24(31)27-10-17-4-18(11-27)22(19(5-17)12-27)34-23(30)26(2,28)29/h15-22H,3-14H2,1-2H3. The molecule has 0 radical (unpaired) electrons. The topological polar surface area (TPSA) is 61.8 Å². The number of carbonyl (C=O) groups excluding carboxylic acids is 2. The van der Waals surface area contributed by atoms with Crippen molar-refractivity contribution in [2.45, 2.75) is 90.1 Å². The number of hydrogen-bond donors (Lipinski definition) is 0. The lowest BCUT2D eigenvalue weighted by atomic mass is 9.46. The molecule has 8 aliphatic carbocycles. The van der Waals surface area contributed by atoms with E-state index in [9.17, 15) is 18.4 Å². The minimum absolute atomic E-state index is 0.0110. The van der Waals surface area contributed by atoms with Crippen molar-refractivity contribution in [1.29, 1.82) is 0 Å². The van der Waals surface area contributed by atoms with E-state index in [2.05, 4.69) is 6.92 Å². The zero-order valence-corrected chi connectivity index (χ0v) is 20.4. The third kappa shape index (κ3) is 3.70. The van der Waals surface area contributed by atoms with E-state index in [1.165, 1.54) is 32.1 Å². The first-order valence-corrected chi connectivity index (χ1v) is 13.4. The molecule has 2 unspecified atom stereocenters. The molecule has 8 aliphatic rings. The average molecular weight is 481 g/mol. The number of halogens is 2. The normalized spacial score (nSPS) is 48.2. The van der Waals surface area contributed by atoms with Gasteiger partial charge in [-0.15, -0.1) is 0 Å². The van der Waals surface area contributed by atoms with Crippen molar-refractivity contribution in [3.63, 3.8) is 0 Å². The largest absolute Gasteiger partial charge is 0.457 e. The van der Waals surface area contributed by atoms with Crippen LogP contribution in [0.3, 0.4) is 0 Å². The molecule has 8 fully saturated rings. The highest BCUT2D eigenvalue weighted by Crippen LogP contribution is 2.63. The van der Waals surface area contributed by atoms with E-state index in [4.69, 9.17) is 14.2 Å². The van der Waals surface area contributed by atoms with Crippen LogP contribution in [-0.4, -0.2) is 37.4 Å². The van der Waals surface area contributed by atoms with Gasteiger partial charge in [0.25, 0.3) is 0 Å². The summed E-state index contributed by atoms with van der Waals surface area (Å²) in [6.07, 6.45) is 9.78. The van der Waals surface area contributed by atoms with Crippen LogP contribution in [0, 0.1) is 52.3 Å². The zero-order valence-electron chi connectivity index (χ0n) is 20.4. The SMILES string of the molecule is CC(F)(F)C(=O)OC1C2CC3CC1CC(C(=O)OCOCC1(C)C4CC5CC(C4)CC1C5)(C3)C2. The summed E-state index contributed by atoms with van der Waals surface area (Å²) in [5, 5.41) is 0. The van der Waals surface area contributed by atoms with Crippen LogP contribution in [0.5, 0.6) is 0 Å². The molecule has 8 saturated carbocycles. The molecule has 0 aromatic heterocycles. The zero-order chi connectivity index (χ0) is 23.9. The molecular formula is C27H38F2O5. The average Bonchev–Trinajstić information content (AvgIpc) is 2.75. The lowest BCUT2D eigenvalue weighted by molar-refractivity contribution is -0.213. The van der Waals surface area contributed by atoms with Gasteiger partial charge in [0.15, 0.2) is 6.79 Å². The van der Waals surface area contributed by atoms with Gasteiger partial charge < -0.3 is 14.2 Å². The highest BCUT2D eigenvalue weighted by Gasteiger charge is 2.61. The molecule has 34 heavy (non-hydrogen) atoms. The monoisotopic (exact) mass is 480 g/mol. The lowest BCUT2D eigenvalue weighted by Gasteiger charge is -2.60. The third-order valence-electron chi connectivity index (χ3n) is 10.9. The van der Waals surface area contributed by atoms with E-state index in [-0.39, 0.29) is 30.0 Å². The molecule has 0 aromatic carbocycles. The van der Waals surface area contributed by atoms with E-state index in [1.807, 2.05) is 0 Å². The minimum Gasteiger partial charge on any atom is -0.457 e. The maximum atomic E-state index is 13.4. The quantitative estimate of drug-likeness (QED) is 0.279. The first-order chi connectivity index (χ1) is 16.1. The van der Waals surface area contributed by atoms with Crippen LogP contribution in [0.2, 0.25) is 0 Å². The maximum absolute atomic E-state index is 13.4. The van der Waals surface area contributed by atoms with Gasteiger partial charge >= 0.3 is 17.9 Å². The second kappa shape index (κ2) is 7.88. The molecule has 0 aliphatic heterocycles. The third-order valence-corrected chi connectivity index (χ3v) is 10.9. The molecule has 0 heterocycles. The van der Waals surface area contributed by atoms with Gasteiger partial charge in [0.2, 0.25) is 0 Å². The number of alkyl halides is 2. The second-order valence-corrected chi connectivity index (χ2v) is 13.2. The molecule has 0 amide bonds. The Labute approximate surface area is 200 Å². The highest BCUT2D eigenvalue weighted by molar-refractivity contribution is 5.78. The summed E-state index contributed by atoms with van der Waals surface area (Å²) in [4.78, 5) is 25.0. The highest BCUT2D eigenvalue weighted by atomic mass is 19.3. The van der Waals surface area contributed by atoms with Crippen molar-refractivity contribution in [2.75, 3.05) is 13.4 Å². The summed E-state index contributed by atoms with van der Waals surface area (Å²) < 4.78 is 43.8. The summed E-state index contributed by atoms with van der Waals surface area (Å²) in [6.45, 7) is 3.60. The molecule has 0 aromatic rings. The van der Waals surface area contributed by atoms with Crippen LogP contribution in [-0.2, 0) is 23.8 Å². The molecule has 7 heteroatoms. The fraction of sp³-hybridized carbons (Fsp3) is 0.926. The predicted molar refractivity (Wildman–Crippen MR) is 119 cm³/mol. The molecule has 0 spiro atoms. The molecule has 190 valence electrons. The summed E-state index contributed by atoms with van der Waals surface area (Å²) in [5.41, 5.74) is -0.386. The molecule has 0 saturated heterocycles. The van der Waals surface area contributed by atoms with Crippen LogP contribution in [0.25, 0.3) is 0 Å². The second-order valence-electron chi connectivity index (χ2n) is 13.2. The number of rotatable bonds is 7. The lowest BCUT2D eigenvalue weighted by Crippen LogP contribution is -2.58. The van der Waals surface area contributed by atoms with Gasteiger partial charge in [0, 0.05) is 6.92 Å². The minimum atomic E-state index is -3.49. The van der Waals surface area contributed by atoms with Gasteiger partial charge in [-0.3, -0.25) is 4.79 Å². The molecule has 0 N–H and O–H groups in total. The van der Waals surface area contributed by atoms with Crippen molar-refractivity contribution in [3.05, 3.63) is 0 Å². The van der Waals surface area contributed by atoms with E-state index in [0.29, 0.717) is 32.3 Å². The Balaban J connectivity index is 1.04. The van der Waals surface area contributed by atoms with E-state index in [0.717, 1.165) is 42.9 Å². The maximum Gasteiger partial charge on any atom is 0.376 e. The van der Waals surface area contributed by atoms with Crippen molar-refractivity contribution in [1.82, 2.24) is 0 Å². The fourth-order valence-corrected chi connectivity index (χ4v) is 9.65. The van der Waals surface area contributed by atoms with Crippen LogP contribution >= 0.6 is 0 Å². The Morgan fingerprint density at radius 1 is 0.882 bits per heavy atom. The molecule has 5 nitrogen and oxygen atoms in total. The number of ether oxygens (including phenoxy) is 3. The fourth-order valence-electron chi connectivity index (χ4n) is 9.65. The van der Waals surface area contributed by atoms with Crippen molar-refractivity contribution >= 4 is 11.9 Å². The summed E-state index contributed by atoms with van der Waals surface area (Å²) in [6, 6.07) is 0. The summed E-state index contributed by atoms with van der Waals surface area (Å²) in [5.74, 6) is -1.58. The molecular weight excluding hydrogens is 442 g/mol. The van der Waals surface area contributed by atoms with E-state index in [1.54, 1.807) is 0 Å². The predicted octanol–water partition coefficient (Wildman–Crippen LogP) is 5.36. The first kappa shape index (κ1) is 23.2. The smallest absolute Gasteiger partial charge is 0.376 e. The molecule has 8 rings (SSSR count). The first-order valence-electron chi connectivity index (χ1n) is 13.4. The van der Waals surface area contributed by atoms with Crippen LogP contribution in [0.1, 0.15) is 78.1 Å². The summed E-state index contributed by atoms with van der Waals surface area (Å²) in [7, 11) is 0. The van der Waals surface area contributed by atoms with E-state index >= 15 is 0 Å². The summed E-state index contributed by atoms with van der Waals surface area (Å²) >= 11 is 0. The van der Waals surface area contributed by atoms with Crippen molar-refractivity contribution in [2.24, 2.45) is 52.3 Å². The van der Waals surface area contributed by atoms with Gasteiger partial charge in [-0.05, 0) is 111 Å². The Bertz CT molecular complexity index is 806.